The Balaban J connectivity index is 1.75. The normalized spacial score (nSPS) is 17.6. The highest BCUT2D eigenvalue weighted by molar-refractivity contribution is 7.12. The third kappa shape index (κ3) is 3.48. The fraction of sp³-hybridized carbons (Fsp3) is 0.333. The van der Waals surface area contributed by atoms with Crippen LogP contribution in [0.2, 0.25) is 0 Å². The van der Waals surface area contributed by atoms with Gasteiger partial charge in [-0.1, -0.05) is 12.1 Å². The first-order chi connectivity index (χ1) is 11.6. The average molecular weight is 346 g/mol. The van der Waals surface area contributed by atoms with Gasteiger partial charge in [-0.05, 0) is 55.3 Å². The predicted molar refractivity (Wildman–Crippen MR) is 92.8 cm³/mol. The first kappa shape index (κ1) is 16.6. The molecular formula is C18H19FN2O2S. The molecule has 0 radical (unpaired) electrons. The fourth-order valence-electron chi connectivity index (χ4n) is 2.89. The number of hydrogen-bond acceptors (Lipinski definition) is 3. The molecule has 0 bridgehead atoms. The molecule has 0 unspecified atom stereocenters. The Bertz CT molecular complexity index is 745. The van der Waals surface area contributed by atoms with Gasteiger partial charge in [0.2, 0.25) is 5.91 Å². The van der Waals surface area contributed by atoms with Crippen LogP contribution in [0.4, 0.5) is 10.1 Å². The van der Waals surface area contributed by atoms with Gasteiger partial charge in [-0.15, -0.1) is 11.3 Å². The summed E-state index contributed by atoms with van der Waals surface area (Å²) in [5, 5.41) is 4.59. The molecule has 1 aliphatic rings. The van der Waals surface area contributed by atoms with E-state index in [2.05, 4.69) is 5.32 Å². The summed E-state index contributed by atoms with van der Waals surface area (Å²) < 4.78 is 13.6. The largest absolute Gasteiger partial charge is 0.326 e. The molecule has 1 aromatic heterocycles. The Morgan fingerprint density at radius 2 is 2.12 bits per heavy atom. The van der Waals surface area contributed by atoms with E-state index < -0.39 is 6.04 Å². The van der Waals surface area contributed by atoms with Crippen molar-refractivity contribution >= 4 is 28.8 Å². The lowest BCUT2D eigenvalue weighted by Crippen LogP contribution is -2.49. The number of likely N-dealkylation sites (tertiary alicyclic amines) is 1. The van der Waals surface area contributed by atoms with Crippen LogP contribution in [-0.4, -0.2) is 29.3 Å². The summed E-state index contributed by atoms with van der Waals surface area (Å²) in [7, 11) is 0. The highest BCUT2D eigenvalue weighted by Crippen LogP contribution is 2.23. The number of amides is 2. The highest BCUT2D eigenvalue weighted by Gasteiger charge is 2.33. The number of aryl methyl sites for hydroxylation is 1. The highest BCUT2D eigenvalue weighted by atomic mass is 32.1. The summed E-state index contributed by atoms with van der Waals surface area (Å²) in [6, 6.07) is 7.68. The molecule has 1 aliphatic heterocycles. The lowest BCUT2D eigenvalue weighted by molar-refractivity contribution is -0.121. The molecule has 2 aromatic rings. The molecule has 0 spiro atoms. The maximum Gasteiger partial charge on any atom is 0.264 e. The number of anilines is 1. The van der Waals surface area contributed by atoms with Gasteiger partial charge in [0.25, 0.3) is 5.91 Å². The van der Waals surface area contributed by atoms with Crippen molar-refractivity contribution < 1.29 is 14.0 Å². The predicted octanol–water partition coefficient (Wildman–Crippen LogP) is 3.83. The zero-order valence-electron chi connectivity index (χ0n) is 13.4. The zero-order chi connectivity index (χ0) is 17.1. The van der Waals surface area contributed by atoms with E-state index in [1.54, 1.807) is 30.0 Å². The molecule has 1 atom stereocenters. The van der Waals surface area contributed by atoms with Crippen molar-refractivity contribution in [2.24, 2.45) is 0 Å². The number of piperidine rings is 1. The van der Waals surface area contributed by atoms with E-state index in [-0.39, 0.29) is 17.6 Å². The SMILES string of the molecule is Cc1ccc(NC(=O)[C@H]2CCCCN2C(=O)c2cccs2)cc1F. The number of carbonyl (C=O) groups excluding carboxylic acids is 2. The van der Waals surface area contributed by atoms with Crippen molar-refractivity contribution in [1.82, 2.24) is 4.90 Å². The van der Waals surface area contributed by atoms with Crippen LogP contribution in [0.15, 0.2) is 35.7 Å². The van der Waals surface area contributed by atoms with Crippen molar-refractivity contribution in [3.63, 3.8) is 0 Å². The fourth-order valence-corrected chi connectivity index (χ4v) is 3.56. The molecule has 4 nitrogen and oxygen atoms in total. The molecule has 3 rings (SSSR count). The van der Waals surface area contributed by atoms with Crippen LogP contribution in [-0.2, 0) is 4.79 Å². The van der Waals surface area contributed by atoms with Gasteiger partial charge in [0.15, 0.2) is 0 Å². The van der Waals surface area contributed by atoms with Crippen LogP contribution in [0.3, 0.4) is 0 Å². The van der Waals surface area contributed by atoms with Gasteiger partial charge in [-0.2, -0.15) is 0 Å². The minimum absolute atomic E-state index is 0.111. The van der Waals surface area contributed by atoms with Gasteiger partial charge < -0.3 is 10.2 Å². The number of nitrogens with zero attached hydrogens (tertiary/aromatic N) is 1. The van der Waals surface area contributed by atoms with Gasteiger partial charge in [-0.3, -0.25) is 9.59 Å². The molecule has 6 heteroatoms. The van der Waals surface area contributed by atoms with Crippen molar-refractivity contribution in [3.05, 3.63) is 52.0 Å². The monoisotopic (exact) mass is 346 g/mol. The van der Waals surface area contributed by atoms with Gasteiger partial charge in [0.1, 0.15) is 11.9 Å². The lowest BCUT2D eigenvalue weighted by Gasteiger charge is -2.34. The Hall–Kier alpha value is -2.21. The molecule has 24 heavy (non-hydrogen) atoms. The summed E-state index contributed by atoms with van der Waals surface area (Å²) in [4.78, 5) is 27.5. The van der Waals surface area contributed by atoms with E-state index in [1.165, 1.54) is 17.4 Å². The number of nitrogens with one attached hydrogen (secondary N) is 1. The summed E-state index contributed by atoms with van der Waals surface area (Å²) in [5.41, 5.74) is 0.942. The first-order valence-corrected chi connectivity index (χ1v) is 8.86. The van der Waals surface area contributed by atoms with Crippen molar-refractivity contribution in [2.75, 3.05) is 11.9 Å². The standard InChI is InChI=1S/C18H19FN2O2S/c1-12-7-8-13(11-14(12)19)20-17(22)15-5-2-3-9-21(15)18(23)16-6-4-10-24-16/h4,6-8,10-11,15H,2-3,5,9H2,1H3,(H,20,22)/t15-/m1/s1. The molecule has 1 aromatic carbocycles. The van der Waals surface area contributed by atoms with E-state index in [9.17, 15) is 14.0 Å². The second kappa shape index (κ2) is 7.13. The van der Waals surface area contributed by atoms with Gasteiger partial charge in [0.05, 0.1) is 4.88 Å². The van der Waals surface area contributed by atoms with E-state index in [1.807, 2.05) is 11.4 Å². The summed E-state index contributed by atoms with van der Waals surface area (Å²) in [6.07, 6.45) is 2.41. The third-order valence-electron chi connectivity index (χ3n) is 4.24. The van der Waals surface area contributed by atoms with Crippen molar-refractivity contribution in [1.29, 1.82) is 0 Å². The molecule has 126 valence electrons. The maximum atomic E-state index is 13.6. The second-order valence-electron chi connectivity index (χ2n) is 5.94. The summed E-state index contributed by atoms with van der Waals surface area (Å²) >= 11 is 1.37. The number of halogens is 1. The number of hydrogen-bond donors (Lipinski definition) is 1. The quantitative estimate of drug-likeness (QED) is 0.918. The number of rotatable bonds is 3. The van der Waals surface area contributed by atoms with E-state index in [4.69, 9.17) is 0 Å². The molecule has 2 heterocycles. The number of benzene rings is 1. The Morgan fingerprint density at radius 1 is 1.29 bits per heavy atom. The number of thiophene rings is 1. The maximum absolute atomic E-state index is 13.6. The smallest absolute Gasteiger partial charge is 0.264 e. The Labute approximate surface area is 144 Å². The minimum atomic E-state index is -0.516. The van der Waals surface area contributed by atoms with E-state index in [0.717, 1.165) is 12.8 Å². The topological polar surface area (TPSA) is 49.4 Å². The molecule has 0 saturated carbocycles. The van der Waals surface area contributed by atoms with Gasteiger partial charge in [-0.25, -0.2) is 4.39 Å². The van der Waals surface area contributed by atoms with Gasteiger partial charge >= 0.3 is 0 Å². The third-order valence-corrected chi connectivity index (χ3v) is 5.10. The van der Waals surface area contributed by atoms with E-state index in [0.29, 0.717) is 29.1 Å². The molecule has 0 aliphatic carbocycles. The van der Waals surface area contributed by atoms with Gasteiger partial charge in [0, 0.05) is 12.2 Å². The first-order valence-electron chi connectivity index (χ1n) is 7.98. The second-order valence-corrected chi connectivity index (χ2v) is 6.89. The molecule has 1 fully saturated rings. The van der Waals surface area contributed by atoms with Crippen LogP contribution in [0, 0.1) is 12.7 Å². The van der Waals surface area contributed by atoms with Crippen molar-refractivity contribution in [2.45, 2.75) is 32.2 Å². The van der Waals surface area contributed by atoms with E-state index >= 15 is 0 Å². The lowest BCUT2D eigenvalue weighted by atomic mass is 10.0. The molecule has 1 N–H and O–H groups in total. The summed E-state index contributed by atoms with van der Waals surface area (Å²) in [5.74, 6) is -0.731. The number of carbonyl (C=O) groups is 2. The minimum Gasteiger partial charge on any atom is -0.326 e. The average Bonchev–Trinajstić information content (AvgIpc) is 3.12. The molecular weight excluding hydrogens is 327 g/mol. The Morgan fingerprint density at radius 3 is 2.83 bits per heavy atom. The summed E-state index contributed by atoms with van der Waals surface area (Å²) in [6.45, 7) is 2.24. The van der Waals surface area contributed by atoms with Crippen LogP contribution >= 0.6 is 11.3 Å². The van der Waals surface area contributed by atoms with Crippen LogP contribution in [0.1, 0.15) is 34.5 Å². The Kier molecular flexibility index (Phi) is 4.94. The molecule has 1 saturated heterocycles. The van der Waals surface area contributed by atoms with Crippen molar-refractivity contribution in [3.8, 4) is 0 Å². The van der Waals surface area contributed by atoms with Crippen LogP contribution < -0.4 is 5.32 Å². The molecule has 2 amide bonds. The van der Waals surface area contributed by atoms with Crippen LogP contribution in [0.25, 0.3) is 0 Å². The zero-order valence-corrected chi connectivity index (χ0v) is 14.2. The van der Waals surface area contributed by atoms with Crippen LogP contribution in [0.5, 0.6) is 0 Å².